The lowest BCUT2D eigenvalue weighted by atomic mass is 9.77. The quantitative estimate of drug-likeness (QED) is 0.817. The number of methoxy groups -OCH3 is 1. The van der Waals surface area contributed by atoms with Crippen LogP contribution in [0.3, 0.4) is 0 Å². The van der Waals surface area contributed by atoms with Crippen LogP contribution in [-0.4, -0.2) is 17.3 Å². The Morgan fingerprint density at radius 2 is 2.33 bits per heavy atom. The summed E-state index contributed by atoms with van der Waals surface area (Å²) in [6, 6.07) is 0. The fourth-order valence-corrected chi connectivity index (χ4v) is 1.79. The van der Waals surface area contributed by atoms with E-state index >= 15 is 0 Å². The van der Waals surface area contributed by atoms with Gasteiger partial charge in [-0.1, -0.05) is 12.1 Å². The Kier molecular flexibility index (Phi) is 2.75. The molecular weight excluding hydrogens is 194 g/mol. The molecule has 1 atom stereocenters. The van der Waals surface area contributed by atoms with Crippen molar-refractivity contribution in [1.82, 2.24) is 10.1 Å². The number of aromatic nitrogens is 2. The summed E-state index contributed by atoms with van der Waals surface area (Å²) in [6.07, 6.45) is 3.72. The molecule has 5 nitrogen and oxygen atoms in total. The molecule has 0 bridgehead atoms. The van der Waals surface area contributed by atoms with Gasteiger partial charge in [0.1, 0.15) is 6.10 Å². The van der Waals surface area contributed by atoms with Crippen LogP contribution in [0.2, 0.25) is 0 Å². The minimum Gasteiger partial charge on any atom is -0.372 e. The van der Waals surface area contributed by atoms with Gasteiger partial charge in [-0.05, 0) is 25.7 Å². The van der Waals surface area contributed by atoms with E-state index in [0.29, 0.717) is 11.7 Å². The molecule has 1 aromatic heterocycles. The fraction of sp³-hybridized carbons (Fsp3) is 0.800. The second kappa shape index (κ2) is 3.90. The zero-order chi connectivity index (χ0) is 10.9. The predicted octanol–water partition coefficient (Wildman–Crippen LogP) is 1.51. The van der Waals surface area contributed by atoms with Gasteiger partial charge in [-0.3, -0.25) is 0 Å². The topological polar surface area (TPSA) is 74.2 Å². The zero-order valence-corrected chi connectivity index (χ0v) is 9.19. The lowest BCUT2D eigenvalue weighted by Crippen LogP contribution is -2.44. The Labute approximate surface area is 89.0 Å². The van der Waals surface area contributed by atoms with Crippen molar-refractivity contribution in [2.75, 3.05) is 7.11 Å². The van der Waals surface area contributed by atoms with Crippen molar-refractivity contribution in [3.8, 4) is 0 Å². The van der Waals surface area contributed by atoms with Gasteiger partial charge in [0.25, 0.3) is 5.89 Å². The van der Waals surface area contributed by atoms with Crippen LogP contribution < -0.4 is 5.73 Å². The van der Waals surface area contributed by atoms with Crippen LogP contribution in [-0.2, 0) is 10.3 Å². The van der Waals surface area contributed by atoms with E-state index in [2.05, 4.69) is 10.1 Å². The van der Waals surface area contributed by atoms with Crippen LogP contribution in [0.5, 0.6) is 0 Å². The van der Waals surface area contributed by atoms with Crippen LogP contribution >= 0.6 is 0 Å². The standard InChI is InChI=1S/C10H17N3O2/c1-3-7(14-2)8-12-9(13-15-8)10(11)5-4-6-10/h7H,3-6,11H2,1-2H3/t7-/m0/s1. The van der Waals surface area contributed by atoms with Crippen molar-refractivity contribution >= 4 is 0 Å². The first-order valence-corrected chi connectivity index (χ1v) is 5.35. The number of nitrogens with two attached hydrogens (primary N) is 1. The summed E-state index contributed by atoms with van der Waals surface area (Å²) < 4.78 is 10.4. The van der Waals surface area contributed by atoms with Gasteiger partial charge in [0, 0.05) is 7.11 Å². The average molecular weight is 211 g/mol. The lowest BCUT2D eigenvalue weighted by Gasteiger charge is -2.34. The lowest BCUT2D eigenvalue weighted by molar-refractivity contribution is 0.0706. The van der Waals surface area contributed by atoms with Gasteiger partial charge in [-0.25, -0.2) is 0 Å². The molecule has 15 heavy (non-hydrogen) atoms. The maximum Gasteiger partial charge on any atom is 0.255 e. The highest BCUT2D eigenvalue weighted by Gasteiger charge is 2.39. The van der Waals surface area contributed by atoms with Crippen molar-refractivity contribution in [2.45, 2.75) is 44.2 Å². The molecule has 0 unspecified atom stereocenters. The number of rotatable bonds is 4. The zero-order valence-electron chi connectivity index (χ0n) is 9.19. The van der Waals surface area contributed by atoms with Crippen molar-refractivity contribution < 1.29 is 9.26 Å². The molecule has 0 aliphatic heterocycles. The molecule has 0 aromatic carbocycles. The maximum atomic E-state index is 6.09. The first-order chi connectivity index (χ1) is 7.19. The molecule has 1 saturated carbocycles. The Morgan fingerprint density at radius 3 is 2.80 bits per heavy atom. The van der Waals surface area contributed by atoms with Crippen molar-refractivity contribution in [3.63, 3.8) is 0 Å². The summed E-state index contributed by atoms with van der Waals surface area (Å²) in [6.45, 7) is 2.01. The van der Waals surface area contributed by atoms with Crippen LogP contribution in [0.4, 0.5) is 0 Å². The van der Waals surface area contributed by atoms with E-state index in [1.165, 1.54) is 0 Å². The molecule has 0 spiro atoms. The molecule has 84 valence electrons. The SMILES string of the molecule is CC[C@H](OC)c1nc(C2(N)CCC2)no1. The monoisotopic (exact) mass is 211 g/mol. The molecule has 0 saturated heterocycles. The Morgan fingerprint density at radius 1 is 1.60 bits per heavy atom. The van der Waals surface area contributed by atoms with E-state index in [-0.39, 0.29) is 11.6 Å². The van der Waals surface area contributed by atoms with E-state index < -0.39 is 0 Å². The summed E-state index contributed by atoms with van der Waals surface area (Å²) in [5.41, 5.74) is 5.74. The summed E-state index contributed by atoms with van der Waals surface area (Å²) in [7, 11) is 1.64. The highest BCUT2D eigenvalue weighted by atomic mass is 16.5. The first kappa shape index (κ1) is 10.6. The van der Waals surface area contributed by atoms with Crippen molar-refractivity contribution in [2.24, 2.45) is 5.73 Å². The summed E-state index contributed by atoms with van der Waals surface area (Å²) in [5, 5.41) is 3.94. The minimum absolute atomic E-state index is 0.116. The number of ether oxygens (including phenoxy) is 1. The third-order valence-corrected chi connectivity index (χ3v) is 3.06. The number of nitrogens with zero attached hydrogens (tertiary/aromatic N) is 2. The minimum atomic E-state index is -0.353. The van der Waals surface area contributed by atoms with Gasteiger partial charge in [0.15, 0.2) is 5.82 Å². The van der Waals surface area contributed by atoms with E-state index in [1.54, 1.807) is 7.11 Å². The van der Waals surface area contributed by atoms with Gasteiger partial charge in [0.05, 0.1) is 5.54 Å². The molecule has 1 fully saturated rings. The second-order valence-electron chi connectivity index (χ2n) is 4.10. The highest BCUT2D eigenvalue weighted by Crippen LogP contribution is 2.37. The van der Waals surface area contributed by atoms with Crippen LogP contribution in [0, 0.1) is 0 Å². The fourth-order valence-electron chi connectivity index (χ4n) is 1.79. The Balaban J connectivity index is 2.16. The van der Waals surface area contributed by atoms with Gasteiger partial charge < -0.3 is 15.0 Å². The summed E-state index contributed by atoms with van der Waals surface area (Å²) >= 11 is 0. The summed E-state index contributed by atoms with van der Waals surface area (Å²) in [4.78, 5) is 4.32. The molecule has 1 aromatic rings. The molecule has 1 aliphatic rings. The molecule has 2 N–H and O–H groups in total. The molecule has 1 heterocycles. The molecule has 0 radical (unpaired) electrons. The second-order valence-corrected chi connectivity index (χ2v) is 4.10. The average Bonchev–Trinajstić information content (AvgIpc) is 2.66. The third kappa shape index (κ3) is 1.77. The molecule has 5 heteroatoms. The predicted molar refractivity (Wildman–Crippen MR) is 54.1 cm³/mol. The smallest absolute Gasteiger partial charge is 0.255 e. The first-order valence-electron chi connectivity index (χ1n) is 5.35. The Bertz CT molecular complexity index is 329. The largest absolute Gasteiger partial charge is 0.372 e. The molecule has 1 aliphatic carbocycles. The van der Waals surface area contributed by atoms with Crippen LogP contribution in [0.1, 0.15) is 50.4 Å². The molecule has 2 rings (SSSR count). The van der Waals surface area contributed by atoms with Crippen molar-refractivity contribution in [3.05, 3.63) is 11.7 Å². The number of hydrogen-bond acceptors (Lipinski definition) is 5. The molecule has 0 amide bonds. The summed E-state index contributed by atoms with van der Waals surface area (Å²) in [5.74, 6) is 1.16. The third-order valence-electron chi connectivity index (χ3n) is 3.06. The van der Waals surface area contributed by atoms with Gasteiger partial charge in [-0.2, -0.15) is 4.98 Å². The van der Waals surface area contributed by atoms with E-state index in [9.17, 15) is 0 Å². The molecular formula is C10H17N3O2. The van der Waals surface area contributed by atoms with Crippen molar-refractivity contribution in [1.29, 1.82) is 0 Å². The maximum absolute atomic E-state index is 6.09. The highest BCUT2D eigenvalue weighted by molar-refractivity contribution is 5.09. The van der Waals surface area contributed by atoms with E-state index in [4.69, 9.17) is 15.0 Å². The van der Waals surface area contributed by atoms with Crippen LogP contribution in [0.25, 0.3) is 0 Å². The van der Waals surface area contributed by atoms with E-state index in [1.807, 2.05) is 6.92 Å². The van der Waals surface area contributed by atoms with Gasteiger partial charge in [0.2, 0.25) is 0 Å². The number of hydrogen-bond donors (Lipinski definition) is 1. The normalized spacial score (nSPS) is 21.0. The Hall–Kier alpha value is -0.940. The van der Waals surface area contributed by atoms with E-state index in [0.717, 1.165) is 25.7 Å². The van der Waals surface area contributed by atoms with Gasteiger partial charge >= 0.3 is 0 Å². The van der Waals surface area contributed by atoms with Crippen LogP contribution in [0.15, 0.2) is 4.52 Å². The van der Waals surface area contributed by atoms with Gasteiger partial charge in [-0.15, -0.1) is 0 Å².